The van der Waals surface area contributed by atoms with Gasteiger partial charge in [0.15, 0.2) is 0 Å². The van der Waals surface area contributed by atoms with E-state index in [-0.39, 0.29) is 11.8 Å². The number of aromatic nitrogens is 2. The van der Waals surface area contributed by atoms with E-state index in [9.17, 15) is 4.79 Å². The summed E-state index contributed by atoms with van der Waals surface area (Å²) >= 11 is 0. The van der Waals surface area contributed by atoms with Crippen molar-refractivity contribution in [1.29, 1.82) is 0 Å². The lowest BCUT2D eigenvalue weighted by Gasteiger charge is -2.28. The Kier molecular flexibility index (Phi) is 4.93. The minimum atomic E-state index is -0.0126. The molecular weight excluding hydrogens is 252 g/mol. The van der Waals surface area contributed by atoms with Crippen molar-refractivity contribution in [2.75, 3.05) is 18.0 Å². The quantitative estimate of drug-likeness (QED) is 0.914. The Balaban J connectivity index is 2.06. The summed E-state index contributed by atoms with van der Waals surface area (Å²) in [4.78, 5) is 22.9. The molecule has 1 N–H and O–H groups in total. The second kappa shape index (κ2) is 6.68. The zero-order valence-corrected chi connectivity index (χ0v) is 12.6. The first-order chi connectivity index (χ1) is 9.56. The normalized spacial score (nSPS) is 15.5. The Morgan fingerprint density at radius 3 is 2.65 bits per heavy atom. The smallest absolute Gasteiger partial charge is 0.222 e. The first kappa shape index (κ1) is 14.8. The zero-order chi connectivity index (χ0) is 14.5. The average Bonchev–Trinajstić information content (AvgIpc) is 2.45. The van der Waals surface area contributed by atoms with Gasteiger partial charge in [0.05, 0.1) is 6.54 Å². The topological polar surface area (TPSA) is 58.1 Å². The average molecular weight is 276 g/mol. The summed E-state index contributed by atoms with van der Waals surface area (Å²) in [6.45, 7) is 8.27. The molecule has 1 fully saturated rings. The molecule has 20 heavy (non-hydrogen) atoms. The number of amides is 1. The predicted molar refractivity (Wildman–Crippen MR) is 79.5 cm³/mol. The highest BCUT2D eigenvalue weighted by molar-refractivity contribution is 5.77. The highest BCUT2D eigenvalue weighted by Gasteiger charge is 2.14. The van der Waals surface area contributed by atoms with Crippen molar-refractivity contribution >= 4 is 11.7 Å². The Morgan fingerprint density at radius 1 is 1.30 bits per heavy atom. The molecule has 0 aromatic carbocycles. The van der Waals surface area contributed by atoms with E-state index >= 15 is 0 Å². The van der Waals surface area contributed by atoms with Gasteiger partial charge in [0.1, 0.15) is 11.6 Å². The maximum Gasteiger partial charge on any atom is 0.222 e. The molecule has 5 heteroatoms. The Bertz CT molecular complexity index is 467. The number of nitrogens with one attached hydrogen (secondary N) is 1. The molecule has 0 unspecified atom stereocenters. The highest BCUT2D eigenvalue weighted by atomic mass is 16.1. The van der Waals surface area contributed by atoms with Crippen LogP contribution < -0.4 is 10.2 Å². The van der Waals surface area contributed by atoms with Crippen LogP contribution in [0, 0.1) is 12.8 Å². The molecule has 2 rings (SSSR count). The third kappa shape index (κ3) is 3.92. The first-order valence-corrected chi connectivity index (χ1v) is 7.43. The monoisotopic (exact) mass is 276 g/mol. The molecule has 5 nitrogen and oxygen atoms in total. The first-order valence-electron chi connectivity index (χ1n) is 7.43. The van der Waals surface area contributed by atoms with Crippen molar-refractivity contribution < 1.29 is 4.79 Å². The molecular formula is C15H24N4O. The number of anilines is 1. The van der Waals surface area contributed by atoms with E-state index in [1.54, 1.807) is 0 Å². The number of nitrogens with zero attached hydrogens (tertiary/aromatic N) is 3. The minimum absolute atomic E-state index is 0.0126. The lowest BCUT2D eigenvalue weighted by atomic mass is 10.1. The maximum atomic E-state index is 11.6. The van der Waals surface area contributed by atoms with Gasteiger partial charge < -0.3 is 10.2 Å². The summed E-state index contributed by atoms with van der Waals surface area (Å²) in [6.07, 6.45) is 3.75. The fourth-order valence-corrected chi connectivity index (χ4v) is 2.35. The number of aryl methyl sites for hydroxylation is 1. The highest BCUT2D eigenvalue weighted by Crippen LogP contribution is 2.18. The molecule has 0 atom stereocenters. The van der Waals surface area contributed by atoms with Gasteiger partial charge in [-0.2, -0.15) is 0 Å². The molecule has 2 heterocycles. The van der Waals surface area contributed by atoms with Crippen LogP contribution in [0.3, 0.4) is 0 Å². The summed E-state index contributed by atoms with van der Waals surface area (Å²) in [5.41, 5.74) is 0.953. The SMILES string of the molecule is Cc1cc(N2CCCCC2)nc(CNC(=O)C(C)C)n1. The van der Waals surface area contributed by atoms with Crippen LogP contribution in [0.25, 0.3) is 0 Å². The van der Waals surface area contributed by atoms with Crippen LogP contribution in [0.4, 0.5) is 5.82 Å². The molecule has 1 aromatic rings. The van der Waals surface area contributed by atoms with Crippen LogP contribution in [-0.2, 0) is 11.3 Å². The number of piperidine rings is 1. The molecule has 110 valence electrons. The number of hydrogen-bond acceptors (Lipinski definition) is 4. The van der Waals surface area contributed by atoms with E-state index in [4.69, 9.17) is 0 Å². The zero-order valence-electron chi connectivity index (χ0n) is 12.6. The Hall–Kier alpha value is -1.65. The van der Waals surface area contributed by atoms with E-state index in [0.717, 1.165) is 24.6 Å². The third-order valence-corrected chi connectivity index (χ3v) is 3.51. The van der Waals surface area contributed by atoms with Crippen molar-refractivity contribution in [1.82, 2.24) is 15.3 Å². The minimum Gasteiger partial charge on any atom is -0.357 e. The second-order valence-electron chi connectivity index (χ2n) is 5.70. The second-order valence-corrected chi connectivity index (χ2v) is 5.70. The van der Waals surface area contributed by atoms with E-state index in [0.29, 0.717) is 12.4 Å². The summed E-state index contributed by atoms with van der Waals surface area (Å²) < 4.78 is 0. The number of carbonyl (C=O) groups is 1. The van der Waals surface area contributed by atoms with Gasteiger partial charge >= 0.3 is 0 Å². The molecule has 0 spiro atoms. The van der Waals surface area contributed by atoms with Crippen LogP contribution in [0.2, 0.25) is 0 Å². The van der Waals surface area contributed by atoms with E-state index in [1.807, 2.05) is 26.8 Å². The van der Waals surface area contributed by atoms with Crippen molar-refractivity contribution in [3.63, 3.8) is 0 Å². The summed E-state index contributed by atoms with van der Waals surface area (Å²) in [5, 5.41) is 2.87. The maximum absolute atomic E-state index is 11.6. The third-order valence-electron chi connectivity index (χ3n) is 3.51. The molecule has 0 bridgehead atoms. The number of hydrogen-bond donors (Lipinski definition) is 1. The lowest BCUT2D eigenvalue weighted by Crippen LogP contribution is -2.31. The van der Waals surface area contributed by atoms with Gasteiger partial charge in [-0.25, -0.2) is 9.97 Å². The predicted octanol–water partition coefficient (Wildman–Crippen LogP) is 2.05. The van der Waals surface area contributed by atoms with Crippen LogP contribution in [-0.4, -0.2) is 29.0 Å². The standard InChI is InChI=1S/C15H24N4O/c1-11(2)15(20)16-10-13-17-12(3)9-14(18-13)19-7-5-4-6-8-19/h9,11H,4-8,10H2,1-3H3,(H,16,20). The molecule has 1 saturated heterocycles. The number of carbonyl (C=O) groups excluding carboxylic acids is 1. The Labute approximate surface area is 120 Å². The van der Waals surface area contributed by atoms with Crippen LogP contribution >= 0.6 is 0 Å². The van der Waals surface area contributed by atoms with Gasteiger partial charge in [-0.3, -0.25) is 4.79 Å². The van der Waals surface area contributed by atoms with Gasteiger partial charge in [0.2, 0.25) is 5.91 Å². The van der Waals surface area contributed by atoms with Crippen molar-refractivity contribution in [2.45, 2.75) is 46.6 Å². The van der Waals surface area contributed by atoms with E-state index < -0.39 is 0 Å². The summed E-state index contributed by atoms with van der Waals surface area (Å²) in [7, 11) is 0. The van der Waals surface area contributed by atoms with Gasteiger partial charge in [-0.15, -0.1) is 0 Å². The molecule has 0 saturated carbocycles. The molecule has 1 amide bonds. The molecule has 1 aromatic heterocycles. The molecule has 0 radical (unpaired) electrons. The fraction of sp³-hybridized carbons (Fsp3) is 0.667. The lowest BCUT2D eigenvalue weighted by molar-refractivity contribution is -0.124. The molecule has 0 aliphatic carbocycles. The van der Waals surface area contributed by atoms with Crippen molar-refractivity contribution in [3.8, 4) is 0 Å². The summed E-state index contributed by atoms with van der Waals surface area (Å²) in [6, 6.07) is 2.03. The molecule has 1 aliphatic rings. The van der Waals surface area contributed by atoms with Crippen molar-refractivity contribution in [3.05, 3.63) is 17.6 Å². The van der Waals surface area contributed by atoms with Crippen LogP contribution in [0.1, 0.15) is 44.6 Å². The van der Waals surface area contributed by atoms with Crippen molar-refractivity contribution in [2.24, 2.45) is 5.92 Å². The van der Waals surface area contributed by atoms with Crippen LogP contribution in [0.5, 0.6) is 0 Å². The molecule has 1 aliphatic heterocycles. The Morgan fingerprint density at radius 2 is 2.00 bits per heavy atom. The van der Waals surface area contributed by atoms with Crippen LogP contribution in [0.15, 0.2) is 6.07 Å². The van der Waals surface area contributed by atoms with Gasteiger partial charge in [0.25, 0.3) is 0 Å². The largest absolute Gasteiger partial charge is 0.357 e. The summed E-state index contributed by atoms with van der Waals surface area (Å²) in [5.74, 6) is 1.71. The van der Waals surface area contributed by atoms with Gasteiger partial charge in [-0.05, 0) is 26.2 Å². The van der Waals surface area contributed by atoms with E-state index in [1.165, 1.54) is 19.3 Å². The fourth-order valence-electron chi connectivity index (χ4n) is 2.35. The van der Waals surface area contributed by atoms with E-state index in [2.05, 4.69) is 20.2 Å². The van der Waals surface area contributed by atoms with Gasteiger partial charge in [0, 0.05) is 30.8 Å². The number of rotatable bonds is 4. The van der Waals surface area contributed by atoms with Gasteiger partial charge in [-0.1, -0.05) is 13.8 Å².